The molecule has 1 unspecified atom stereocenters. The highest BCUT2D eigenvalue weighted by molar-refractivity contribution is 7.98. The average molecular weight is 294 g/mol. The van der Waals surface area contributed by atoms with E-state index >= 15 is 0 Å². The summed E-state index contributed by atoms with van der Waals surface area (Å²) in [5.74, 6) is 1.29. The Bertz CT molecular complexity index is 463. The normalized spacial score (nSPS) is 12.9. The molecule has 1 aromatic heterocycles. The van der Waals surface area contributed by atoms with Crippen LogP contribution in [0.2, 0.25) is 0 Å². The number of hydrogen-bond acceptors (Lipinski definition) is 4. The fraction of sp³-hybridized carbons (Fsp3) is 0.533. The molecule has 0 radical (unpaired) electrons. The number of fused-ring (bicyclic) bond motifs is 1. The van der Waals surface area contributed by atoms with E-state index in [0.29, 0.717) is 6.04 Å². The largest absolute Gasteiger partial charge is 0.308 e. The first-order valence-electron chi connectivity index (χ1n) is 6.89. The summed E-state index contributed by atoms with van der Waals surface area (Å²) in [6.07, 6.45) is 6.09. The first-order chi connectivity index (χ1) is 9.31. The third-order valence-corrected chi connectivity index (χ3v) is 5.07. The maximum atomic E-state index is 4.69. The average Bonchev–Trinajstić information content (AvgIpc) is 2.86. The van der Waals surface area contributed by atoms with Crippen LogP contribution in [0.1, 0.15) is 37.2 Å². The molecule has 4 heteroatoms. The van der Waals surface area contributed by atoms with Gasteiger partial charge in [0.1, 0.15) is 5.01 Å². The number of nitrogens with one attached hydrogen (secondary N) is 1. The molecule has 104 valence electrons. The predicted molar refractivity (Wildman–Crippen MR) is 88.3 cm³/mol. The van der Waals surface area contributed by atoms with Gasteiger partial charge in [0.25, 0.3) is 0 Å². The Morgan fingerprint density at radius 1 is 1.26 bits per heavy atom. The Morgan fingerprint density at radius 3 is 2.89 bits per heavy atom. The summed E-state index contributed by atoms with van der Waals surface area (Å²) in [6, 6.07) is 8.72. The lowest BCUT2D eigenvalue weighted by molar-refractivity contribution is 0.543. The lowest BCUT2D eigenvalue weighted by atomic mass is 10.2. The molecule has 0 saturated carbocycles. The van der Waals surface area contributed by atoms with Crippen LogP contribution in [0.15, 0.2) is 24.3 Å². The quantitative estimate of drug-likeness (QED) is 0.727. The molecule has 2 aromatic rings. The van der Waals surface area contributed by atoms with Gasteiger partial charge >= 0.3 is 0 Å². The Labute approximate surface area is 124 Å². The molecule has 0 saturated heterocycles. The molecule has 0 amide bonds. The molecule has 1 heterocycles. The molecule has 1 N–H and O–H groups in total. The highest BCUT2D eigenvalue weighted by Gasteiger charge is 2.10. The Balaban J connectivity index is 1.78. The number of unbranched alkanes of at least 4 members (excludes halogenated alkanes) is 2. The second kappa shape index (κ2) is 7.88. The zero-order chi connectivity index (χ0) is 13.5. The van der Waals surface area contributed by atoms with Crippen molar-refractivity contribution in [1.29, 1.82) is 0 Å². The fourth-order valence-electron chi connectivity index (χ4n) is 2.03. The minimum atomic E-state index is 0.359. The number of benzene rings is 1. The Hall–Kier alpha value is -0.580. The van der Waals surface area contributed by atoms with Crippen molar-refractivity contribution in [3.8, 4) is 0 Å². The maximum Gasteiger partial charge on any atom is 0.111 e. The highest BCUT2D eigenvalue weighted by Crippen LogP contribution is 2.25. The summed E-state index contributed by atoms with van der Waals surface area (Å²) < 4.78 is 1.28. The monoisotopic (exact) mass is 294 g/mol. The van der Waals surface area contributed by atoms with E-state index in [-0.39, 0.29) is 0 Å². The lowest BCUT2D eigenvalue weighted by Crippen LogP contribution is -2.19. The van der Waals surface area contributed by atoms with E-state index in [1.54, 1.807) is 11.3 Å². The second-order valence-corrected chi connectivity index (χ2v) is 6.80. The van der Waals surface area contributed by atoms with Gasteiger partial charge in [-0.05, 0) is 50.5 Å². The van der Waals surface area contributed by atoms with Gasteiger partial charge in [0.2, 0.25) is 0 Å². The highest BCUT2D eigenvalue weighted by atomic mass is 32.2. The minimum absolute atomic E-state index is 0.359. The standard InChI is InChI=1S/C15H22N2S2/c1-12(16-10-6-3-7-11-18-2)15-17-13-8-4-5-9-14(13)19-15/h4-5,8-9,12,16H,3,6-7,10-11H2,1-2H3. The summed E-state index contributed by atoms with van der Waals surface area (Å²) in [4.78, 5) is 4.69. The van der Waals surface area contributed by atoms with E-state index in [0.717, 1.165) is 12.1 Å². The van der Waals surface area contributed by atoms with Crippen molar-refractivity contribution in [3.05, 3.63) is 29.3 Å². The Morgan fingerprint density at radius 2 is 2.11 bits per heavy atom. The van der Waals surface area contributed by atoms with E-state index in [4.69, 9.17) is 4.98 Å². The van der Waals surface area contributed by atoms with Gasteiger partial charge in [0.05, 0.1) is 16.3 Å². The van der Waals surface area contributed by atoms with Crippen LogP contribution in [0.3, 0.4) is 0 Å². The van der Waals surface area contributed by atoms with Crippen LogP contribution in [0.4, 0.5) is 0 Å². The van der Waals surface area contributed by atoms with Crippen LogP contribution in [0, 0.1) is 0 Å². The van der Waals surface area contributed by atoms with Gasteiger partial charge in [-0.2, -0.15) is 11.8 Å². The second-order valence-electron chi connectivity index (χ2n) is 4.75. The van der Waals surface area contributed by atoms with Crippen LogP contribution in [-0.4, -0.2) is 23.5 Å². The molecule has 0 spiro atoms. The molecule has 0 bridgehead atoms. The molecule has 0 aliphatic heterocycles. The Kier molecular flexibility index (Phi) is 6.14. The summed E-state index contributed by atoms with van der Waals surface area (Å²) in [7, 11) is 0. The molecule has 0 fully saturated rings. The third kappa shape index (κ3) is 4.48. The molecular weight excluding hydrogens is 272 g/mol. The van der Waals surface area contributed by atoms with E-state index in [9.17, 15) is 0 Å². The summed E-state index contributed by atoms with van der Waals surface area (Å²) >= 11 is 3.74. The summed E-state index contributed by atoms with van der Waals surface area (Å²) in [6.45, 7) is 3.30. The van der Waals surface area contributed by atoms with Crippen molar-refractivity contribution in [2.75, 3.05) is 18.6 Å². The lowest BCUT2D eigenvalue weighted by Gasteiger charge is -2.10. The van der Waals surface area contributed by atoms with Gasteiger partial charge in [-0.15, -0.1) is 11.3 Å². The van der Waals surface area contributed by atoms with Gasteiger partial charge in [0.15, 0.2) is 0 Å². The van der Waals surface area contributed by atoms with E-state index in [2.05, 4.69) is 42.8 Å². The number of thiazole rings is 1. The van der Waals surface area contributed by atoms with Gasteiger partial charge in [0, 0.05) is 0 Å². The summed E-state index contributed by atoms with van der Waals surface area (Å²) in [5, 5.41) is 4.78. The number of rotatable bonds is 8. The molecule has 0 aliphatic carbocycles. The van der Waals surface area contributed by atoms with Crippen molar-refractivity contribution in [2.24, 2.45) is 0 Å². The zero-order valence-electron chi connectivity index (χ0n) is 11.7. The first kappa shape index (κ1) is 14.8. The van der Waals surface area contributed by atoms with Crippen LogP contribution < -0.4 is 5.32 Å². The van der Waals surface area contributed by atoms with E-state index in [1.165, 1.54) is 34.7 Å². The van der Waals surface area contributed by atoms with Gasteiger partial charge in [-0.1, -0.05) is 18.6 Å². The third-order valence-electron chi connectivity index (χ3n) is 3.16. The first-order valence-corrected chi connectivity index (χ1v) is 9.10. The van der Waals surface area contributed by atoms with Crippen LogP contribution >= 0.6 is 23.1 Å². The summed E-state index contributed by atoms with van der Waals surface area (Å²) in [5.41, 5.74) is 1.12. The van der Waals surface area contributed by atoms with Crippen molar-refractivity contribution < 1.29 is 0 Å². The van der Waals surface area contributed by atoms with Gasteiger partial charge in [-0.3, -0.25) is 0 Å². The minimum Gasteiger partial charge on any atom is -0.308 e. The zero-order valence-corrected chi connectivity index (χ0v) is 13.3. The molecule has 1 aromatic carbocycles. The molecule has 1 atom stereocenters. The predicted octanol–water partition coefficient (Wildman–Crippen LogP) is 4.48. The van der Waals surface area contributed by atoms with Gasteiger partial charge in [-0.25, -0.2) is 4.98 Å². The smallest absolute Gasteiger partial charge is 0.111 e. The maximum absolute atomic E-state index is 4.69. The number of para-hydroxylation sites is 1. The number of nitrogens with zero attached hydrogens (tertiary/aromatic N) is 1. The van der Waals surface area contributed by atoms with Gasteiger partial charge < -0.3 is 5.32 Å². The van der Waals surface area contributed by atoms with Crippen molar-refractivity contribution in [1.82, 2.24) is 10.3 Å². The topological polar surface area (TPSA) is 24.9 Å². The van der Waals surface area contributed by atoms with E-state index < -0.39 is 0 Å². The van der Waals surface area contributed by atoms with Crippen LogP contribution in [0.25, 0.3) is 10.2 Å². The molecular formula is C15H22N2S2. The van der Waals surface area contributed by atoms with Crippen molar-refractivity contribution in [2.45, 2.75) is 32.2 Å². The molecule has 2 rings (SSSR count). The fourth-order valence-corrected chi connectivity index (χ4v) is 3.52. The van der Waals surface area contributed by atoms with Crippen LogP contribution in [0.5, 0.6) is 0 Å². The SMILES string of the molecule is CSCCCCCNC(C)c1nc2ccccc2s1. The number of hydrogen-bond donors (Lipinski definition) is 1. The van der Waals surface area contributed by atoms with Crippen molar-refractivity contribution in [3.63, 3.8) is 0 Å². The van der Waals surface area contributed by atoms with Crippen molar-refractivity contribution >= 4 is 33.3 Å². The van der Waals surface area contributed by atoms with Crippen LogP contribution in [-0.2, 0) is 0 Å². The van der Waals surface area contributed by atoms with E-state index in [1.807, 2.05) is 11.8 Å². The number of thioether (sulfide) groups is 1. The number of aromatic nitrogens is 1. The molecule has 19 heavy (non-hydrogen) atoms. The molecule has 2 nitrogen and oxygen atoms in total. The molecule has 0 aliphatic rings.